The number of nitrogens with zero attached hydrogens (tertiary/aromatic N) is 1. The molecule has 1 heterocycles. The maximum atomic E-state index is 12.3. The number of carbonyl (C=O) groups is 2. The Kier molecular flexibility index (Phi) is 4.42. The molecule has 2 amide bonds. The van der Waals surface area contributed by atoms with Gasteiger partial charge in [0.1, 0.15) is 0 Å². The molecule has 1 aliphatic rings. The van der Waals surface area contributed by atoms with E-state index in [2.05, 4.69) is 19.2 Å². The minimum Gasteiger partial charge on any atom is -0.478 e. The van der Waals surface area contributed by atoms with Gasteiger partial charge in [-0.05, 0) is 36.5 Å². The number of piperidine rings is 1. The molecule has 6 heteroatoms. The number of benzene rings is 1. The topological polar surface area (TPSA) is 69.6 Å². The standard InChI is InChI=1S/C15H19ClN2O3/c1-15(2)4-3-5-18(9-15)14(21)17-12-7-10(13(19)20)6-11(16)8-12/h6-8H,3-5,9H2,1-2H3,(H,17,21)(H,19,20). The summed E-state index contributed by atoms with van der Waals surface area (Å²) in [5.41, 5.74) is 0.556. The highest BCUT2D eigenvalue weighted by Crippen LogP contribution is 2.29. The molecule has 0 aromatic heterocycles. The average molecular weight is 311 g/mol. The average Bonchev–Trinajstić information content (AvgIpc) is 2.36. The summed E-state index contributed by atoms with van der Waals surface area (Å²) < 4.78 is 0. The van der Waals surface area contributed by atoms with E-state index in [1.807, 2.05) is 0 Å². The van der Waals surface area contributed by atoms with Gasteiger partial charge < -0.3 is 15.3 Å². The minimum atomic E-state index is -1.08. The number of hydrogen-bond acceptors (Lipinski definition) is 2. The van der Waals surface area contributed by atoms with Gasteiger partial charge in [-0.3, -0.25) is 0 Å². The predicted molar refractivity (Wildman–Crippen MR) is 82.0 cm³/mol. The molecular formula is C15H19ClN2O3. The fourth-order valence-electron chi connectivity index (χ4n) is 2.58. The molecule has 0 aliphatic carbocycles. The first-order valence-corrected chi connectivity index (χ1v) is 7.24. The number of carbonyl (C=O) groups excluding carboxylic acids is 1. The van der Waals surface area contributed by atoms with Crippen LogP contribution >= 0.6 is 11.6 Å². The van der Waals surface area contributed by atoms with Gasteiger partial charge in [-0.2, -0.15) is 0 Å². The van der Waals surface area contributed by atoms with E-state index in [9.17, 15) is 9.59 Å². The number of anilines is 1. The molecule has 21 heavy (non-hydrogen) atoms. The largest absolute Gasteiger partial charge is 0.478 e. The Hall–Kier alpha value is -1.75. The summed E-state index contributed by atoms with van der Waals surface area (Å²) in [5, 5.41) is 12.0. The summed E-state index contributed by atoms with van der Waals surface area (Å²) in [6.07, 6.45) is 2.06. The van der Waals surface area contributed by atoms with E-state index in [1.165, 1.54) is 12.1 Å². The van der Waals surface area contributed by atoms with Crippen LogP contribution in [0.1, 0.15) is 37.0 Å². The number of hydrogen-bond donors (Lipinski definition) is 2. The highest BCUT2D eigenvalue weighted by Gasteiger charge is 2.29. The zero-order valence-corrected chi connectivity index (χ0v) is 12.9. The van der Waals surface area contributed by atoms with Crippen LogP contribution in [0.25, 0.3) is 0 Å². The van der Waals surface area contributed by atoms with Gasteiger partial charge in [0.2, 0.25) is 0 Å². The molecule has 0 saturated carbocycles. The summed E-state index contributed by atoms with van der Waals surface area (Å²) in [5.74, 6) is -1.08. The first-order chi connectivity index (χ1) is 9.77. The van der Waals surface area contributed by atoms with Gasteiger partial charge >= 0.3 is 12.0 Å². The molecular weight excluding hydrogens is 292 g/mol. The number of likely N-dealkylation sites (tertiary alicyclic amines) is 1. The zero-order chi connectivity index (χ0) is 15.6. The number of carboxylic acid groups (broad SMARTS) is 1. The number of urea groups is 1. The van der Waals surface area contributed by atoms with Gasteiger partial charge in [0.25, 0.3) is 0 Å². The number of aromatic carboxylic acids is 1. The molecule has 5 nitrogen and oxygen atoms in total. The number of halogens is 1. The van der Waals surface area contributed by atoms with Crippen molar-refractivity contribution in [3.05, 3.63) is 28.8 Å². The number of amides is 2. The van der Waals surface area contributed by atoms with Crippen LogP contribution in [0.2, 0.25) is 5.02 Å². The Balaban J connectivity index is 2.11. The third-order valence-corrected chi connectivity index (χ3v) is 3.80. The van der Waals surface area contributed by atoms with Gasteiger partial charge in [0, 0.05) is 23.8 Å². The van der Waals surface area contributed by atoms with Crippen LogP contribution in [0.4, 0.5) is 10.5 Å². The summed E-state index contributed by atoms with van der Waals surface area (Å²) >= 11 is 5.88. The molecule has 0 spiro atoms. The smallest absolute Gasteiger partial charge is 0.335 e. The first kappa shape index (κ1) is 15.6. The van der Waals surface area contributed by atoms with Gasteiger partial charge in [-0.1, -0.05) is 25.4 Å². The van der Waals surface area contributed by atoms with E-state index < -0.39 is 5.97 Å². The van der Waals surface area contributed by atoms with Crippen molar-refractivity contribution >= 4 is 29.3 Å². The quantitative estimate of drug-likeness (QED) is 0.875. The first-order valence-electron chi connectivity index (χ1n) is 6.87. The Labute approximate surface area is 128 Å². The fraction of sp³-hybridized carbons (Fsp3) is 0.467. The maximum absolute atomic E-state index is 12.3. The molecule has 2 N–H and O–H groups in total. The van der Waals surface area contributed by atoms with Gasteiger partial charge in [0.15, 0.2) is 0 Å². The van der Waals surface area contributed by atoms with Crippen molar-refractivity contribution < 1.29 is 14.7 Å². The second-order valence-corrected chi connectivity index (χ2v) is 6.59. The van der Waals surface area contributed by atoms with Crippen LogP contribution < -0.4 is 5.32 Å². The highest BCUT2D eigenvalue weighted by atomic mass is 35.5. The second kappa shape index (κ2) is 5.93. The summed E-state index contributed by atoms with van der Waals surface area (Å²) in [7, 11) is 0. The van der Waals surface area contributed by atoms with E-state index in [1.54, 1.807) is 11.0 Å². The lowest BCUT2D eigenvalue weighted by atomic mass is 9.84. The Morgan fingerprint density at radius 3 is 2.67 bits per heavy atom. The third-order valence-electron chi connectivity index (χ3n) is 3.58. The molecule has 0 radical (unpaired) electrons. The molecule has 114 valence electrons. The SMILES string of the molecule is CC1(C)CCCN(C(=O)Nc2cc(Cl)cc(C(=O)O)c2)C1. The predicted octanol–water partition coefficient (Wildman–Crippen LogP) is 3.69. The lowest BCUT2D eigenvalue weighted by molar-refractivity contribution is 0.0697. The molecule has 1 fully saturated rings. The Bertz CT molecular complexity index is 572. The second-order valence-electron chi connectivity index (χ2n) is 6.15. The maximum Gasteiger partial charge on any atom is 0.335 e. The fourth-order valence-corrected chi connectivity index (χ4v) is 2.82. The molecule has 0 bridgehead atoms. The van der Waals surface area contributed by atoms with E-state index in [0.29, 0.717) is 18.8 Å². The zero-order valence-electron chi connectivity index (χ0n) is 12.1. The normalized spacial score (nSPS) is 17.4. The lowest BCUT2D eigenvalue weighted by Crippen LogP contribution is -2.45. The van der Waals surface area contributed by atoms with Gasteiger partial charge in [0.05, 0.1) is 5.56 Å². The highest BCUT2D eigenvalue weighted by molar-refractivity contribution is 6.31. The van der Waals surface area contributed by atoms with Crippen molar-refractivity contribution in [3.63, 3.8) is 0 Å². The molecule has 0 unspecified atom stereocenters. The van der Waals surface area contributed by atoms with Crippen LogP contribution in [0.15, 0.2) is 18.2 Å². The monoisotopic (exact) mass is 310 g/mol. The van der Waals surface area contributed by atoms with Crippen molar-refractivity contribution in [2.75, 3.05) is 18.4 Å². The van der Waals surface area contributed by atoms with E-state index >= 15 is 0 Å². The number of carboxylic acids is 1. The van der Waals surface area contributed by atoms with E-state index in [-0.39, 0.29) is 22.0 Å². The van der Waals surface area contributed by atoms with Crippen LogP contribution in [0, 0.1) is 5.41 Å². The van der Waals surface area contributed by atoms with Crippen molar-refractivity contribution in [2.45, 2.75) is 26.7 Å². The summed E-state index contributed by atoms with van der Waals surface area (Å²) in [4.78, 5) is 25.0. The van der Waals surface area contributed by atoms with Gasteiger partial charge in [-0.15, -0.1) is 0 Å². The van der Waals surface area contributed by atoms with Crippen molar-refractivity contribution in [1.82, 2.24) is 4.90 Å². The molecule has 0 atom stereocenters. The molecule has 1 aliphatic heterocycles. The van der Waals surface area contributed by atoms with E-state index in [4.69, 9.17) is 16.7 Å². The molecule has 1 aromatic carbocycles. The molecule has 2 rings (SSSR count). The van der Waals surface area contributed by atoms with E-state index in [0.717, 1.165) is 12.8 Å². The molecule has 1 saturated heterocycles. The number of nitrogens with one attached hydrogen (secondary N) is 1. The van der Waals surface area contributed by atoms with Crippen LogP contribution in [0.3, 0.4) is 0 Å². The summed E-state index contributed by atoms with van der Waals surface area (Å²) in [6.45, 7) is 5.66. The number of rotatable bonds is 2. The third kappa shape index (κ3) is 4.11. The minimum absolute atomic E-state index is 0.0526. The van der Waals surface area contributed by atoms with Crippen molar-refractivity contribution in [1.29, 1.82) is 0 Å². The Morgan fingerprint density at radius 2 is 2.05 bits per heavy atom. The summed E-state index contributed by atoms with van der Waals surface area (Å²) in [6, 6.07) is 4.08. The lowest BCUT2D eigenvalue weighted by Gasteiger charge is -2.37. The van der Waals surface area contributed by atoms with Crippen LogP contribution in [0.5, 0.6) is 0 Å². The van der Waals surface area contributed by atoms with Gasteiger partial charge in [-0.25, -0.2) is 9.59 Å². The Morgan fingerprint density at radius 1 is 1.33 bits per heavy atom. The van der Waals surface area contributed by atoms with Crippen molar-refractivity contribution in [3.8, 4) is 0 Å². The molecule has 1 aromatic rings. The van der Waals surface area contributed by atoms with Crippen molar-refractivity contribution in [2.24, 2.45) is 5.41 Å². The van der Waals surface area contributed by atoms with Crippen LogP contribution in [-0.4, -0.2) is 35.1 Å². The van der Waals surface area contributed by atoms with Crippen LogP contribution in [-0.2, 0) is 0 Å².